The van der Waals surface area contributed by atoms with Gasteiger partial charge in [-0.3, -0.25) is 0 Å². The molecule has 1 N–H and O–H groups in total. The summed E-state index contributed by atoms with van der Waals surface area (Å²) >= 11 is 0. The number of aromatic nitrogens is 1. The summed E-state index contributed by atoms with van der Waals surface area (Å²) in [6.07, 6.45) is 12.0. The highest BCUT2D eigenvalue weighted by Crippen LogP contribution is 2.40. The molecule has 0 unspecified atom stereocenters. The van der Waals surface area contributed by atoms with Gasteiger partial charge in [0.1, 0.15) is 5.76 Å². The van der Waals surface area contributed by atoms with E-state index in [9.17, 15) is 0 Å². The Balaban J connectivity index is 1.49. The second kappa shape index (κ2) is 5.04. The van der Waals surface area contributed by atoms with Gasteiger partial charge in [-0.1, -0.05) is 19.8 Å². The van der Waals surface area contributed by atoms with Crippen LogP contribution in [-0.4, -0.2) is 17.6 Å². The van der Waals surface area contributed by atoms with Crippen LogP contribution in [0.15, 0.2) is 10.6 Å². The molecule has 0 bridgehead atoms. The fourth-order valence-electron chi connectivity index (χ4n) is 2.94. The predicted molar refractivity (Wildman–Crippen MR) is 71.7 cm³/mol. The summed E-state index contributed by atoms with van der Waals surface area (Å²) in [5.41, 5.74) is 0.261. The molecule has 0 aromatic carbocycles. The van der Waals surface area contributed by atoms with E-state index >= 15 is 0 Å². The molecule has 18 heavy (non-hydrogen) atoms. The average Bonchev–Trinajstić information content (AvgIpc) is 2.88. The van der Waals surface area contributed by atoms with Gasteiger partial charge in [0.05, 0.1) is 6.20 Å². The van der Waals surface area contributed by atoms with E-state index in [0.717, 1.165) is 37.1 Å². The second-order valence-electron chi connectivity index (χ2n) is 6.22. The Morgan fingerprint density at radius 1 is 1.39 bits per heavy atom. The van der Waals surface area contributed by atoms with Crippen molar-refractivity contribution in [3.63, 3.8) is 0 Å². The fourth-order valence-corrected chi connectivity index (χ4v) is 2.94. The van der Waals surface area contributed by atoms with Gasteiger partial charge in [0, 0.05) is 17.9 Å². The van der Waals surface area contributed by atoms with Crippen LogP contribution in [0, 0.1) is 0 Å². The average molecular weight is 248 g/mol. The Morgan fingerprint density at radius 2 is 2.17 bits per heavy atom. The summed E-state index contributed by atoms with van der Waals surface area (Å²) in [5.74, 6) is 2.04. The third-order valence-corrected chi connectivity index (χ3v) is 4.43. The van der Waals surface area contributed by atoms with Crippen molar-refractivity contribution in [2.24, 2.45) is 0 Å². The maximum absolute atomic E-state index is 5.95. The molecule has 2 saturated carbocycles. The maximum Gasteiger partial charge on any atom is 0.194 e. The van der Waals surface area contributed by atoms with E-state index in [1.54, 1.807) is 0 Å². The van der Waals surface area contributed by atoms with Crippen molar-refractivity contribution in [1.82, 2.24) is 10.3 Å². The van der Waals surface area contributed by atoms with Gasteiger partial charge in [0.15, 0.2) is 5.89 Å². The Morgan fingerprint density at radius 3 is 2.89 bits per heavy atom. The number of nitrogens with zero attached hydrogens (tertiary/aromatic N) is 1. The molecule has 1 aromatic rings. The van der Waals surface area contributed by atoms with Crippen LogP contribution in [0.2, 0.25) is 0 Å². The van der Waals surface area contributed by atoms with Crippen LogP contribution in [0.3, 0.4) is 0 Å². The van der Waals surface area contributed by atoms with Gasteiger partial charge in [-0.15, -0.1) is 0 Å². The van der Waals surface area contributed by atoms with Gasteiger partial charge in [0.2, 0.25) is 0 Å². The first-order valence-corrected chi connectivity index (χ1v) is 7.45. The molecule has 100 valence electrons. The van der Waals surface area contributed by atoms with Crippen LogP contribution in [0.1, 0.15) is 63.5 Å². The molecule has 1 heterocycles. The molecule has 0 spiro atoms. The first kappa shape index (κ1) is 12.2. The first-order chi connectivity index (χ1) is 8.76. The van der Waals surface area contributed by atoms with Crippen LogP contribution in [0.4, 0.5) is 0 Å². The Hall–Kier alpha value is -0.830. The molecule has 0 atom stereocenters. The normalized spacial score (nSPS) is 22.5. The van der Waals surface area contributed by atoms with E-state index in [1.165, 1.54) is 38.5 Å². The summed E-state index contributed by atoms with van der Waals surface area (Å²) in [5, 5.41) is 3.53. The summed E-state index contributed by atoms with van der Waals surface area (Å²) in [7, 11) is 0. The number of rotatable bonds is 6. The molecule has 3 rings (SSSR count). The number of hydrogen-bond acceptors (Lipinski definition) is 3. The van der Waals surface area contributed by atoms with Gasteiger partial charge >= 0.3 is 0 Å². The van der Waals surface area contributed by atoms with Gasteiger partial charge in [-0.05, 0) is 38.6 Å². The van der Waals surface area contributed by atoms with Gasteiger partial charge in [-0.25, -0.2) is 4.98 Å². The number of hydrogen-bond donors (Lipinski definition) is 1. The number of aryl methyl sites for hydroxylation is 1. The monoisotopic (exact) mass is 248 g/mol. The van der Waals surface area contributed by atoms with E-state index in [0.29, 0.717) is 0 Å². The summed E-state index contributed by atoms with van der Waals surface area (Å²) in [4.78, 5) is 4.44. The molecule has 0 saturated heterocycles. The molecule has 0 radical (unpaired) electrons. The molecule has 0 aliphatic heterocycles. The molecule has 3 heteroatoms. The van der Waals surface area contributed by atoms with Crippen molar-refractivity contribution in [2.75, 3.05) is 6.54 Å². The van der Waals surface area contributed by atoms with Gasteiger partial charge in [0.25, 0.3) is 0 Å². The fraction of sp³-hybridized carbons (Fsp3) is 0.800. The van der Waals surface area contributed by atoms with Crippen LogP contribution in [0.25, 0.3) is 0 Å². The molecule has 2 aliphatic rings. The van der Waals surface area contributed by atoms with Crippen molar-refractivity contribution in [1.29, 1.82) is 0 Å². The lowest BCUT2D eigenvalue weighted by atomic mass is 9.87. The molecular weight excluding hydrogens is 224 g/mol. The maximum atomic E-state index is 5.95. The molecule has 0 amide bonds. The minimum Gasteiger partial charge on any atom is -0.445 e. The standard InChI is InChI=1S/C15H24N2O/c1-15(8-2-3-9-15)13-11-17-14(18-13)5-4-10-16-12-6-7-12/h11-12,16H,2-10H2,1H3. The van der Waals surface area contributed by atoms with Crippen molar-refractivity contribution >= 4 is 0 Å². The highest BCUT2D eigenvalue weighted by atomic mass is 16.4. The summed E-state index contributed by atoms with van der Waals surface area (Å²) in [6.45, 7) is 3.42. The number of nitrogens with one attached hydrogen (secondary N) is 1. The van der Waals surface area contributed by atoms with Gasteiger partial charge in [-0.2, -0.15) is 0 Å². The van der Waals surface area contributed by atoms with Crippen LogP contribution >= 0.6 is 0 Å². The highest BCUT2D eigenvalue weighted by molar-refractivity contribution is 5.11. The molecule has 2 fully saturated rings. The smallest absolute Gasteiger partial charge is 0.194 e. The topological polar surface area (TPSA) is 38.1 Å². The van der Waals surface area contributed by atoms with E-state index in [2.05, 4.69) is 17.2 Å². The third kappa shape index (κ3) is 2.77. The zero-order valence-corrected chi connectivity index (χ0v) is 11.4. The molecule has 3 nitrogen and oxygen atoms in total. The SMILES string of the molecule is CC1(c2cnc(CCCNC3CC3)o2)CCCC1. The zero-order valence-electron chi connectivity index (χ0n) is 11.4. The number of oxazole rings is 1. The van der Waals surface area contributed by atoms with Crippen LogP contribution in [0.5, 0.6) is 0 Å². The Kier molecular flexibility index (Phi) is 3.42. The molecule has 1 aromatic heterocycles. The second-order valence-corrected chi connectivity index (χ2v) is 6.22. The van der Waals surface area contributed by atoms with Crippen LogP contribution in [-0.2, 0) is 11.8 Å². The van der Waals surface area contributed by atoms with E-state index in [-0.39, 0.29) is 5.41 Å². The van der Waals surface area contributed by atoms with E-state index in [4.69, 9.17) is 4.42 Å². The van der Waals surface area contributed by atoms with E-state index in [1.807, 2.05) is 6.20 Å². The lowest BCUT2D eigenvalue weighted by molar-refractivity contribution is 0.346. The third-order valence-electron chi connectivity index (χ3n) is 4.43. The zero-order chi connectivity index (χ0) is 12.4. The molecular formula is C15H24N2O. The van der Waals surface area contributed by atoms with E-state index < -0.39 is 0 Å². The van der Waals surface area contributed by atoms with Crippen molar-refractivity contribution in [2.45, 2.75) is 69.7 Å². The highest BCUT2D eigenvalue weighted by Gasteiger charge is 2.34. The van der Waals surface area contributed by atoms with Crippen LogP contribution < -0.4 is 5.32 Å². The minimum atomic E-state index is 0.261. The quantitative estimate of drug-likeness (QED) is 0.786. The lowest BCUT2D eigenvalue weighted by Crippen LogP contribution is -2.18. The predicted octanol–water partition coefficient (Wildman–Crippen LogP) is 3.19. The Bertz CT molecular complexity index is 389. The summed E-state index contributed by atoms with van der Waals surface area (Å²) in [6, 6.07) is 0.808. The Labute approximate surface area is 109 Å². The molecule has 2 aliphatic carbocycles. The van der Waals surface area contributed by atoms with Crippen molar-refractivity contribution in [3.8, 4) is 0 Å². The largest absolute Gasteiger partial charge is 0.445 e. The summed E-state index contributed by atoms with van der Waals surface area (Å²) < 4.78 is 5.95. The van der Waals surface area contributed by atoms with Crippen molar-refractivity contribution in [3.05, 3.63) is 17.8 Å². The van der Waals surface area contributed by atoms with Crippen molar-refractivity contribution < 1.29 is 4.42 Å². The minimum absolute atomic E-state index is 0.261. The van der Waals surface area contributed by atoms with Gasteiger partial charge < -0.3 is 9.73 Å². The lowest BCUT2D eigenvalue weighted by Gasteiger charge is -2.19. The first-order valence-electron chi connectivity index (χ1n) is 7.45.